The van der Waals surface area contributed by atoms with E-state index in [2.05, 4.69) is 5.32 Å². The number of hydrogen-bond donors (Lipinski definition) is 1. The molecule has 0 aliphatic carbocycles. The second-order valence-electron chi connectivity index (χ2n) is 7.23. The van der Waals surface area contributed by atoms with Crippen molar-refractivity contribution < 1.29 is 33.3 Å². The minimum Gasteiger partial charge on any atom is -0.465 e. The minimum absolute atomic E-state index is 0.0446. The number of ketones is 2. The van der Waals surface area contributed by atoms with Gasteiger partial charge in [0, 0.05) is 35.4 Å². The van der Waals surface area contributed by atoms with Crippen molar-refractivity contribution in [1.82, 2.24) is 0 Å². The predicted molar refractivity (Wildman–Crippen MR) is 125 cm³/mol. The Morgan fingerprint density at radius 1 is 0.971 bits per heavy atom. The molecule has 0 atom stereocenters. The SMILES string of the molecule is O=C(CCC(=O)OCC(=O)c1cccc([N+](=O)[O-])c1)Nc1ccc(C(=O)C=Cc2ccco2)cc1. The Hall–Kier alpha value is -4.86. The lowest BCUT2D eigenvalue weighted by Crippen LogP contribution is -2.17. The van der Waals surface area contributed by atoms with Gasteiger partial charge in [0.2, 0.25) is 11.7 Å². The van der Waals surface area contributed by atoms with Crippen LogP contribution in [0.5, 0.6) is 0 Å². The quantitative estimate of drug-likeness (QED) is 0.142. The van der Waals surface area contributed by atoms with Crippen LogP contribution in [0.3, 0.4) is 0 Å². The number of ether oxygens (including phenoxy) is 1. The number of amides is 1. The van der Waals surface area contributed by atoms with Crippen molar-refractivity contribution in [2.45, 2.75) is 12.8 Å². The summed E-state index contributed by atoms with van der Waals surface area (Å²) >= 11 is 0. The van der Waals surface area contributed by atoms with E-state index < -0.39 is 29.2 Å². The molecule has 0 bridgehead atoms. The summed E-state index contributed by atoms with van der Waals surface area (Å²) in [5.41, 5.74) is 0.656. The van der Waals surface area contributed by atoms with Crippen LogP contribution in [0.25, 0.3) is 6.08 Å². The Morgan fingerprint density at radius 2 is 1.74 bits per heavy atom. The number of rotatable bonds is 11. The highest BCUT2D eigenvalue weighted by Crippen LogP contribution is 2.14. The molecule has 0 fully saturated rings. The lowest BCUT2D eigenvalue weighted by molar-refractivity contribution is -0.384. The number of carbonyl (C=O) groups is 4. The molecule has 0 radical (unpaired) electrons. The summed E-state index contributed by atoms with van der Waals surface area (Å²) in [6.07, 6.45) is 3.98. The highest BCUT2D eigenvalue weighted by Gasteiger charge is 2.15. The maximum Gasteiger partial charge on any atom is 0.306 e. The van der Waals surface area contributed by atoms with E-state index in [0.717, 1.165) is 6.07 Å². The number of nitrogens with zero attached hydrogens (tertiary/aromatic N) is 1. The second-order valence-corrected chi connectivity index (χ2v) is 7.23. The normalized spacial score (nSPS) is 10.6. The third kappa shape index (κ3) is 7.60. The number of nitro groups is 1. The fourth-order valence-corrected chi connectivity index (χ4v) is 2.89. The zero-order valence-electron chi connectivity index (χ0n) is 18.3. The third-order valence-corrected chi connectivity index (χ3v) is 4.69. The number of allylic oxidation sites excluding steroid dienone is 1. The first-order valence-electron chi connectivity index (χ1n) is 10.4. The van der Waals surface area contributed by atoms with Crippen molar-refractivity contribution in [3.8, 4) is 0 Å². The molecule has 10 nitrogen and oxygen atoms in total. The van der Waals surface area contributed by atoms with Gasteiger partial charge in [0.15, 0.2) is 12.4 Å². The molecule has 1 aromatic heterocycles. The molecule has 3 rings (SSSR count). The zero-order chi connectivity index (χ0) is 25.2. The maximum atomic E-state index is 12.2. The van der Waals surface area contributed by atoms with Gasteiger partial charge in [-0.1, -0.05) is 12.1 Å². The molecule has 0 aliphatic heterocycles. The molecule has 0 saturated carbocycles. The fraction of sp³-hybridized carbons (Fsp3) is 0.120. The molecule has 0 aliphatic rings. The molecule has 1 heterocycles. The largest absolute Gasteiger partial charge is 0.465 e. The molecular formula is C25H20N2O8. The first-order valence-corrected chi connectivity index (χ1v) is 10.4. The smallest absolute Gasteiger partial charge is 0.306 e. The van der Waals surface area contributed by atoms with E-state index in [0.29, 0.717) is 17.0 Å². The first-order chi connectivity index (χ1) is 16.8. The third-order valence-electron chi connectivity index (χ3n) is 4.69. The van der Waals surface area contributed by atoms with Gasteiger partial charge in [-0.3, -0.25) is 29.3 Å². The molecule has 2 aromatic carbocycles. The van der Waals surface area contributed by atoms with Crippen LogP contribution in [0.4, 0.5) is 11.4 Å². The molecule has 3 aromatic rings. The van der Waals surface area contributed by atoms with Crippen LogP contribution < -0.4 is 5.32 Å². The summed E-state index contributed by atoms with van der Waals surface area (Å²) in [6.45, 7) is -0.592. The van der Waals surface area contributed by atoms with E-state index in [1.807, 2.05) is 0 Å². The Morgan fingerprint density at radius 3 is 2.43 bits per heavy atom. The van der Waals surface area contributed by atoms with Gasteiger partial charge < -0.3 is 14.5 Å². The number of benzene rings is 2. The molecule has 1 amide bonds. The second kappa shape index (κ2) is 11.8. The highest BCUT2D eigenvalue weighted by molar-refractivity contribution is 6.07. The van der Waals surface area contributed by atoms with E-state index in [9.17, 15) is 29.3 Å². The van der Waals surface area contributed by atoms with Gasteiger partial charge in [-0.25, -0.2) is 0 Å². The van der Waals surface area contributed by atoms with Crippen molar-refractivity contribution >= 4 is 40.9 Å². The average molecular weight is 476 g/mol. The Kier molecular flexibility index (Phi) is 8.38. The Bertz CT molecular complexity index is 1260. The number of nitrogens with one attached hydrogen (secondary N) is 1. The number of nitro benzene ring substituents is 1. The van der Waals surface area contributed by atoms with Crippen molar-refractivity contribution in [1.29, 1.82) is 0 Å². The zero-order valence-corrected chi connectivity index (χ0v) is 18.3. The van der Waals surface area contributed by atoms with Crippen molar-refractivity contribution in [2.24, 2.45) is 0 Å². The molecule has 10 heteroatoms. The Balaban J connectivity index is 1.41. The number of furan rings is 1. The lowest BCUT2D eigenvalue weighted by atomic mass is 10.1. The van der Waals surface area contributed by atoms with Gasteiger partial charge in [0.1, 0.15) is 5.76 Å². The van der Waals surface area contributed by atoms with Gasteiger partial charge in [-0.15, -0.1) is 0 Å². The van der Waals surface area contributed by atoms with Crippen LogP contribution >= 0.6 is 0 Å². The summed E-state index contributed by atoms with van der Waals surface area (Å²) < 4.78 is 9.99. The highest BCUT2D eigenvalue weighted by atomic mass is 16.6. The molecular weight excluding hydrogens is 456 g/mol. The maximum absolute atomic E-state index is 12.2. The average Bonchev–Trinajstić information content (AvgIpc) is 3.39. The van der Waals surface area contributed by atoms with Gasteiger partial charge in [-0.2, -0.15) is 0 Å². The van der Waals surface area contributed by atoms with Crippen LogP contribution in [0.15, 0.2) is 77.4 Å². The number of anilines is 1. The van der Waals surface area contributed by atoms with Crippen molar-refractivity contribution in [2.75, 3.05) is 11.9 Å². The van der Waals surface area contributed by atoms with E-state index >= 15 is 0 Å². The summed E-state index contributed by atoms with van der Waals surface area (Å²) in [5, 5.41) is 13.4. The van der Waals surface area contributed by atoms with Gasteiger partial charge in [0.25, 0.3) is 5.69 Å². The van der Waals surface area contributed by atoms with Crippen LogP contribution in [0, 0.1) is 10.1 Å². The molecule has 0 unspecified atom stereocenters. The first kappa shape index (κ1) is 24.8. The fourth-order valence-electron chi connectivity index (χ4n) is 2.89. The topological polar surface area (TPSA) is 146 Å². The van der Waals surface area contributed by atoms with Gasteiger partial charge >= 0.3 is 5.97 Å². The van der Waals surface area contributed by atoms with Crippen LogP contribution in [0.2, 0.25) is 0 Å². The van der Waals surface area contributed by atoms with E-state index in [4.69, 9.17) is 9.15 Å². The van der Waals surface area contributed by atoms with Gasteiger partial charge in [0.05, 0.1) is 17.6 Å². The van der Waals surface area contributed by atoms with Gasteiger partial charge in [-0.05, 0) is 48.6 Å². The lowest BCUT2D eigenvalue weighted by Gasteiger charge is -2.07. The van der Waals surface area contributed by atoms with Crippen LogP contribution in [0.1, 0.15) is 39.3 Å². The summed E-state index contributed by atoms with van der Waals surface area (Å²) in [7, 11) is 0. The number of non-ortho nitro benzene ring substituents is 1. The standard InChI is InChI=1S/C25H20N2O8/c28-22(11-10-21-5-2-14-34-21)17-6-8-19(9-7-17)26-24(30)12-13-25(31)35-16-23(29)18-3-1-4-20(15-18)27(32)33/h1-11,14-15H,12-13,16H2,(H,26,30). The van der Waals surface area contributed by atoms with E-state index in [1.54, 1.807) is 42.5 Å². The monoisotopic (exact) mass is 476 g/mol. The van der Waals surface area contributed by atoms with Crippen molar-refractivity contribution in [3.63, 3.8) is 0 Å². The minimum atomic E-state index is -0.761. The molecule has 178 valence electrons. The summed E-state index contributed by atoms with van der Waals surface area (Å²) in [6, 6.07) is 14.7. The number of carbonyl (C=O) groups excluding carboxylic acids is 4. The number of hydrogen-bond acceptors (Lipinski definition) is 8. The summed E-state index contributed by atoms with van der Waals surface area (Å²) in [5.74, 6) is -1.50. The van der Waals surface area contributed by atoms with E-state index in [1.165, 1.54) is 30.5 Å². The van der Waals surface area contributed by atoms with E-state index in [-0.39, 0.29) is 29.9 Å². The molecule has 0 spiro atoms. The predicted octanol–water partition coefficient (Wildman–Crippen LogP) is 4.23. The molecule has 0 saturated heterocycles. The summed E-state index contributed by atoms with van der Waals surface area (Å²) in [4.78, 5) is 58.4. The van der Waals surface area contributed by atoms with Crippen LogP contribution in [-0.4, -0.2) is 35.0 Å². The number of esters is 1. The number of Topliss-reactive ketones (excluding diaryl/α,β-unsaturated/α-hetero) is 1. The van der Waals surface area contributed by atoms with Crippen molar-refractivity contribution in [3.05, 3.63) is 100 Å². The molecule has 1 N–H and O–H groups in total. The Labute approximate surface area is 199 Å². The molecule has 35 heavy (non-hydrogen) atoms. The van der Waals surface area contributed by atoms with Crippen LogP contribution in [-0.2, 0) is 14.3 Å².